The third-order valence-electron chi connectivity index (χ3n) is 4.72. The minimum Gasteiger partial charge on any atom is -0.450 e. The minimum atomic E-state index is -0.219. The van der Waals surface area contributed by atoms with E-state index in [1.54, 1.807) is 4.90 Å². The van der Waals surface area contributed by atoms with Gasteiger partial charge in [0.25, 0.3) is 0 Å². The van der Waals surface area contributed by atoms with Crippen LogP contribution in [-0.4, -0.2) is 92.4 Å². The number of rotatable bonds is 4. The predicted molar refractivity (Wildman–Crippen MR) is 113 cm³/mol. The van der Waals surface area contributed by atoms with Crippen molar-refractivity contribution in [2.45, 2.75) is 24.5 Å². The normalized spacial score (nSPS) is 20.7. The standard InChI is InChI=1S/C16H30N4O3S.HI/c1-4-23-15(21)20-9-7-19(8-10-20)14(17-2)18-13-16(24-3)5-11-22-12-6-16;/h4-13H2,1-3H3,(H,17,18);1H. The van der Waals surface area contributed by atoms with Gasteiger partial charge in [-0.05, 0) is 26.0 Å². The van der Waals surface area contributed by atoms with Crippen LogP contribution in [0.1, 0.15) is 19.8 Å². The molecule has 146 valence electrons. The number of hydrogen-bond acceptors (Lipinski definition) is 5. The molecule has 2 aliphatic rings. The molecule has 0 aliphatic carbocycles. The van der Waals surface area contributed by atoms with Gasteiger partial charge < -0.3 is 24.6 Å². The number of piperazine rings is 1. The third kappa shape index (κ3) is 6.35. The second-order valence-electron chi connectivity index (χ2n) is 6.07. The van der Waals surface area contributed by atoms with Gasteiger partial charge in [-0.3, -0.25) is 4.99 Å². The molecule has 9 heteroatoms. The van der Waals surface area contributed by atoms with Gasteiger partial charge >= 0.3 is 6.09 Å². The average molecular weight is 486 g/mol. The summed E-state index contributed by atoms with van der Waals surface area (Å²) in [4.78, 5) is 20.2. The average Bonchev–Trinajstić information content (AvgIpc) is 2.63. The third-order valence-corrected chi connectivity index (χ3v) is 6.14. The summed E-state index contributed by atoms with van der Waals surface area (Å²) in [5.74, 6) is 0.915. The van der Waals surface area contributed by atoms with Gasteiger partial charge in [-0.25, -0.2) is 4.79 Å². The smallest absolute Gasteiger partial charge is 0.409 e. The van der Waals surface area contributed by atoms with Gasteiger partial charge in [0.05, 0.1) is 6.61 Å². The maximum Gasteiger partial charge on any atom is 0.409 e. The van der Waals surface area contributed by atoms with Crippen LogP contribution >= 0.6 is 35.7 Å². The topological polar surface area (TPSA) is 66.4 Å². The fraction of sp³-hybridized carbons (Fsp3) is 0.875. The molecule has 0 saturated carbocycles. The Morgan fingerprint density at radius 3 is 2.36 bits per heavy atom. The highest BCUT2D eigenvalue weighted by Gasteiger charge is 2.32. The molecule has 1 N–H and O–H groups in total. The van der Waals surface area contributed by atoms with E-state index >= 15 is 0 Å². The van der Waals surface area contributed by atoms with Crippen LogP contribution in [-0.2, 0) is 9.47 Å². The van der Waals surface area contributed by atoms with Crippen LogP contribution in [0.15, 0.2) is 4.99 Å². The van der Waals surface area contributed by atoms with Gasteiger partial charge in [-0.15, -0.1) is 24.0 Å². The van der Waals surface area contributed by atoms with Crippen LogP contribution in [0, 0.1) is 0 Å². The van der Waals surface area contributed by atoms with Gasteiger partial charge in [0.1, 0.15) is 0 Å². The number of halogens is 1. The summed E-state index contributed by atoms with van der Waals surface area (Å²) in [5.41, 5.74) is 0. The molecule has 7 nitrogen and oxygen atoms in total. The fourth-order valence-corrected chi connectivity index (χ4v) is 3.88. The van der Waals surface area contributed by atoms with Crippen molar-refractivity contribution >= 4 is 47.8 Å². The predicted octanol–water partition coefficient (Wildman–Crippen LogP) is 1.87. The van der Waals surface area contributed by atoms with Gasteiger partial charge in [-0.2, -0.15) is 11.8 Å². The molecular formula is C16H31IN4O3S. The molecule has 0 aromatic heterocycles. The first-order valence-corrected chi connectivity index (χ1v) is 9.87. The van der Waals surface area contributed by atoms with E-state index in [0.717, 1.165) is 51.6 Å². The fourth-order valence-electron chi connectivity index (χ4n) is 3.08. The quantitative estimate of drug-likeness (QED) is 0.372. The van der Waals surface area contributed by atoms with Gasteiger partial charge in [0.2, 0.25) is 0 Å². The summed E-state index contributed by atoms with van der Waals surface area (Å²) in [6.45, 7) is 7.69. The number of thioether (sulfide) groups is 1. The van der Waals surface area contributed by atoms with Gasteiger partial charge in [0, 0.05) is 57.7 Å². The Labute approximate surface area is 172 Å². The number of ether oxygens (including phenoxy) is 2. The van der Waals surface area contributed by atoms with E-state index in [2.05, 4.69) is 21.5 Å². The van der Waals surface area contributed by atoms with Crippen LogP contribution in [0.3, 0.4) is 0 Å². The maximum absolute atomic E-state index is 11.8. The lowest BCUT2D eigenvalue weighted by atomic mass is 9.99. The van der Waals surface area contributed by atoms with E-state index in [9.17, 15) is 4.79 Å². The summed E-state index contributed by atoms with van der Waals surface area (Å²) in [6, 6.07) is 0. The van der Waals surface area contributed by atoms with E-state index in [4.69, 9.17) is 9.47 Å². The largest absolute Gasteiger partial charge is 0.450 e. The first-order chi connectivity index (χ1) is 11.6. The summed E-state index contributed by atoms with van der Waals surface area (Å²) in [7, 11) is 1.82. The van der Waals surface area contributed by atoms with Gasteiger partial charge in [-0.1, -0.05) is 0 Å². The van der Waals surface area contributed by atoms with E-state index in [1.165, 1.54) is 0 Å². The molecule has 2 heterocycles. The zero-order valence-corrected chi connectivity index (χ0v) is 18.6. The highest BCUT2D eigenvalue weighted by molar-refractivity contribution is 14.0. The second-order valence-corrected chi connectivity index (χ2v) is 7.35. The second kappa shape index (κ2) is 11.3. The molecule has 2 rings (SSSR count). The molecule has 0 spiro atoms. The molecule has 2 aliphatic heterocycles. The number of carbonyl (C=O) groups excluding carboxylic acids is 1. The van der Waals surface area contributed by atoms with Crippen molar-refractivity contribution in [3.63, 3.8) is 0 Å². The van der Waals surface area contributed by atoms with Crippen LogP contribution in [0.25, 0.3) is 0 Å². The van der Waals surface area contributed by atoms with Crippen molar-refractivity contribution in [2.24, 2.45) is 4.99 Å². The van der Waals surface area contributed by atoms with E-state index < -0.39 is 0 Å². The van der Waals surface area contributed by atoms with Crippen LogP contribution in [0.5, 0.6) is 0 Å². The summed E-state index contributed by atoms with van der Waals surface area (Å²) in [6.07, 6.45) is 4.08. The zero-order valence-electron chi connectivity index (χ0n) is 15.5. The Morgan fingerprint density at radius 1 is 1.24 bits per heavy atom. The van der Waals surface area contributed by atoms with Crippen molar-refractivity contribution in [3.05, 3.63) is 0 Å². The Bertz CT molecular complexity index is 439. The van der Waals surface area contributed by atoms with Gasteiger partial charge in [0.15, 0.2) is 5.96 Å². The Morgan fingerprint density at radius 2 is 1.84 bits per heavy atom. The zero-order chi connectivity index (χ0) is 17.4. The molecule has 0 bridgehead atoms. The summed E-state index contributed by atoms with van der Waals surface area (Å²) in [5, 5.41) is 3.53. The number of amides is 1. The lowest BCUT2D eigenvalue weighted by Gasteiger charge is -2.39. The number of nitrogens with zero attached hydrogens (tertiary/aromatic N) is 3. The highest BCUT2D eigenvalue weighted by atomic mass is 127. The molecule has 2 saturated heterocycles. The van der Waals surface area contributed by atoms with Crippen LogP contribution in [0.2, 0.25) is 0 Å². The monoisotopic (exact) mass is 486 g/mol. The van der Waals surface area contributed by atoms with Crippen LogP contribution in [0.4, 0.5) is 4.79 Å². The van der Waals surface area contributed by atoms with Crippen molar-refractivity contribution in [1.82, 2.24) is 15.1 Å². The van der Waals surface area contributed by atoms with E-state index in [0.29, 0.717) is 19.7 Å². The number of hydrogen-bond donors (Lipinski definition) is 1. The highest BCUT2D eigenvalue weighted by Crippen LogP contribution is 2.33. The molecule has 1 amide bonds. The van der Waals surface area contributed by atoms with E-state index in [1.807, 2.05) is 25.7 Å². The Hall–Kier alpha value is -0.420. The molecule has 0 aromatic carbocycles. The Kier molecular flexibility index (Phi) is 10.2. The number of aliphatic imine (C=N–C) groups is 1. The van der Waals surface area contributed by atoms with E-state index in [-0.39, 0.29) is 34.8 Å². The van der Waals surface area contributed by atoms with Crippen molar-refractivity contribution < 1.29 is 14.3 Å². The minimum absolute atomic E-state index is 0. The van der Waals surface area contributed by atoms with Crippen LogP contribution < -0.4 is 5.32 Å². The lowest BCUT2D eigenvalue weighted by molar-refractivity contribution is 0.0777. The van der Waals surface area contributed by atoms with Crippen molar-refractivity contribution in [1.29, 1.82) is 0 Å². The molecule has 0 aromatic rings. The molecular weight excluding hydrogens is 455 g/mol. The first kappa shape index (κ1) is 22.6. The van der Waals surface area contributed by atoms with Crippen molar-refractivity contribution in [2.75, 3.05) is 65.8 Å². The molecule has 0 radical (unpaired) electrons. The molecule has 2 fully saturated rings. The summed E-state index contributed by atoms with van der Waals surface area (Å²) < 4.78 is 10.8. The lowest BCUT2D eigenvalue weighted by Crippen LogP contribution is -2.55. The molecule has 25 heavy (non-hydrogen) atoms. The SMILES string of the molecule is CCOC(=O)N1CCN(C(=NC)NCC2(SC)CCOCC2)CC1.I. The molecule has 0 unspecified atom stereocenters. The first-order valence-electron chi connectivity index (χ1n) is 8.64. The maximum atomic E-state index is 11.8. The van der Waals surface area contributed by atoms with Crippen molar-refractivity contribution in [3.8, 4) is 0 Å². The summed E-state index contributed by atoms with van der Waals surface area (Å²) >= 11 is 1.92. The number of nitrogens with one attached hydrogen (secondary N) is 1. The Balaban J connectivity index is 0.00000312. The molecule has 0 atom stereocenters. The number of guanidine groups is 1. The number of carbonyl (C=O) groups is 1.